The van der Waals surface area contributed by atoms with Crippen molar-refractivity contribution in [3.63, 3.8) is 0 Å². The van der Waals surface area contributed by atoms with Crippen molar-refractivity contribution in [2.45, 2.75) is 32.6 Å². The minimum Gasteiger partial charge on any atom is -0.464 e. The minimum atomic E-state index is 0.219. The summed E-state index contributed by atoms with van der Waals surface area (Å²) in [6.07, 6.45) is 1.19. The molecule has 0 spiro atoms. The molecule has 15 heavy (non-hydrogen) atoms. The Hall–Kier alpha value is -0.840. The van der Waals surface area contributed by atoms with Gasteiger partial charge in [0, 0.05) is 18.7 Å². The molecule has 2 N–H and O–H groups in total. The molecule has 84 valence electrons. The first-order valence-electron chi connectivity index (χ1n) is 5.27. The molecule has 1 aliphatic heterocycles. The van der Waals surface area contributed by atoms with Gasteiger partial charge < -0.3 is 19.6 Å². The molecule has 1 atom stereocenters. The molecule has 0 radical (unpaired) electrons. The van der Waals surface area contributed by atoms with Crippen LogP contribution in [0.1, 0.15) is 23.5 Å². The highest BCUT2D eigenvalue weighted by atomic mass is 16.5. The fourth-order valence-corrected chi connectivity index (χ4v) is 1.71. The van der Waals surface area contributed by atoms with Crippen molar-refractivity contribution >= 4 is 0 Å². The highest BCUT2D eigenvalue weighted by Crippen LogP contribution is 2.17. The third-order valence-corrected chi connectivity index (χ3v) is 2.64. The largest absolute Gasteiger partial charge is 0.464 e. The molecule has 1 aromatic rings. The van der Waals surface area contributed by atoms with Crippen LogP contribution < -0.4 is 5.73 Å². The summed E-state index contributed by atoms with van der Waals surface area (Å²) in [5.41, 5.74) is 6.61. The molecule has 1 unspecified atom stereocenters. The normalized spacial score (nSPS) is 21.1. The van der Waals surface area contributed by atoms with Crippen LogP contribution in [0.25, 0.3) is 0 Å². The lowest BCUT2D eigenvalue weighted by atomic mass is 10.2. The molecule has 1 aromatic heterocycles. The number of rotatable bonds is 4. The van der Waals surface area contributed by atoms with E-state index in [2.05, 4.69) is 0 Å². The second kappa shape index (κ2) is 4.79. The highest BCUT2D eigenvalue weighted by Gasteiger charge is 2.16. The van der Waals surface area contributed by atoms with Gasteiger partial charge in [0.2, 0.25) is 0 Å². The molecule has 0 saturated carbocycles. The van der Waals surface area contributed by atoms with Crippen LogP contribution in [0, 0.1) is 6.92 Å². The first-order chi connectivity index (χ1) is 7.29. The Balaban J connectivity index is 1.87. The molecule has 4 heteroatoms. The number of aryl methyl sites for hydroxylation is 1. The Morgan fingerprint density at radius 1 is 1.60 bits per heavy atom. The van der Waals surface area contributed by atoms with Crippen molar-refractivity contribution in [1.82, 2.24) is 0 Å². The fourth-order valence-electron chi connectivity index (χ4n) is 1.71. The summed E-state index contributed by atoms with van der Waals surface area (Å²) in [4.78, 5) is 0. The molecule has 4 nitrogen and oxygen atoms in total. The van der Waals surface area contributed by atoms with Crippen LogP contribution in [0.15, 0.2) is 10.5 Å². The zero-order valence-corrected chi connectivity index (χ0v) is 8.99. The van der Waals surface area contributed by atoms with Crippen molar-refractivity contribution in [1.29, 1.82) is 0 Å². The molecule has 1 saturated heterocycles. The molecule has 0 amide bonds. The summed E-state index contributed by atoms with van der Waals surface area (Å²) in [6.45, 7) is 4.44. The van der Waals surface area contributed by atoms with Gasteiger partial charge in [-0.15, -0.1) is 0 Å². The number of furan rings is 1. The van der Waals surface area contributed by atoms with Crippen LogP contribution in [0.2, 0.25) is 0 Å². The predicted octanol–water partition coefficient (Wildman–Crippen LogP) is 1.35. The van der Waals surface area contributed by atoms with Crippen molar-refractivity contribution in [3.05, 3.63) is 23.2 Å². The molecular weight excluding hydrogens is 194 g/mol. The maximum atomic E-state index is 5.64. The van der Waals surface area contributed by atoms with E-state index < -0.39 is 0 Å². The molecular formula is C11H17NO3. The van der Waals surface area contributed by atoms with Gasteiger partial charge in [-0.25, -0.2) is 0 Å². The van der Waals surface area contributed by atoms with Gasteiger partial charge in [0.05, 0.1) is 12.7 Å². The van der Waals surface area contributed by atoms with E-state index in [0.29, 0.717) is 19.8 Å². The van der Waals surface area contributed by atoms with E-state index in [1.807, 2.05) is 13.0 Å². The summed E-state index contributed by atoms with van der Waals surface area (Å²) in [7, 11) is 0. The molecule has 0 aliphatic carbocycles. The van der Waals surface area contributed by atoms with Crippen molar-refractivity contribution < 1.29 is 13.9 Å². The molecule has 1 aliphatic rings. The average molecular weight is 211 g/mol. The standard InChI is InChI=1S/C11H17NO3/c1-8-9(5-12)4-11(15-8)7-14-10-2-3-13-6-10/h4,10H,2-3,5-7,12H2,1H3. The molecule has 1 fully saturated rings. The Morgan fingerprint density at radius 3 is 3.07 bits per heavy atom. The van der Waals surface area contributed by atoms with E-state index >= 15 is 0 Å². The van der Waals surface area contributed by atoms with Gasteiger partial charge in [0.25, 0.3) is 0 Å². The Bertz CT molecular complexity index is 316. The lowest BCUT2D eigenvalue weighted by Crippen LogP contribution is -2.11. The summed E-state index contributed by atoms with van der Waals surface area (Å²) in [6, 6.07) is 1.96. The highest BCUT2D eigenvalue weighted by molar-refractivity contribution is 5.19. The number of ether oxygens (including phenoxy) is 2. The van der Waals surface area contributed by atoms with Crippen LogP contribution in [0.3, 0.4) is 0 Å². The van der Waals surface area contributed by atoms with E-state index in [1.54, 1.807) is 0 Å². The zero-order chi connectivity index (χ0) is 10.7. The monoisotopic (exact) mass is 211 g/mol. The second-order valence-electron chi connectivity index (χ2n) is 3.79. The van der Waals surface area contributed by atoms with Crippen molar-refractivity contribution in [2.75, 3.05) is 13.2 Å². The predicted molar refractivity (Wildman–Crippen MR) is 55.3 cm³/mol. The van der Waals surface area contributed by atoms with Crippen LogP contribution >= 0.6 is 0 Å². The maximum absolute atomic E-state index is 5.64. The van der Waals surface area contributed by atoms with Gasteiger partial charge in [-0.1, -0.05) is 0 Å². The quantitative estimate of drug-likeness (QED) is 0.816. The molecule has 0 bridgehead atoms. The fraction of sp³-hybridized carbons (Fsp3) is 0.636. The Labute approximate surface area is 89.3 Å². The van der Waals surface area contributed by atoms with E-state index in [1.165, 1.54) is 0 Å². The van der Waals surface area contributed by atoms with E-state index in [-0.39, 0.29) is 6.10 Å². The van der Waals surface area contributed by atoms with E-state index in [0.717, 1.165) is 30.1 Å². The maximum Gasteiger partial charge on any atom is 0.130 e. The third kappa shape index (κ3) is 2.59. The Morgan fingerprint density at radius 2 is 2.47 bits per heavy atom. The first kappa shape index (κ1) is 10.7. The minimum absolute atomic E-state index is 0.219. The van der Waals surface area contributed by atoms with Gasteiger partial charge in [-0.05, 0) is 19.4 Å². The summed E-state index contributed by atoms with van der Waals surface area (Å²) in [5.74, 6) is 1.73. The van der Waals surface area contributed by atoms with Gasteiger partial charge in [0.15, 0.2) is 0 Å². The van der Waals surface area contributed by atoms with Crippen LogP contribution in [-0.2, 0) is 22.6 Å². The van der Waals surface area contributed by atoms with Crippen LogP contribution in [0.5, 0.6) is 0 Å². The van der Waals surface area contributed by atoms with Gasteiger partial charge in [-0.3, -0.25) is 0 Å². The topological polar surface area (TPSA) is 57.6 Å². The number of hydrogen-bond donors (Lipinski definition) is 1. The third-order valence-electron chi connectivity index (χ3n) is 2.64. The smallest absolute Gasteiger partial charge is 0.130 e. The van der Waals surface area contributed by atoms with Crippen LogP contribution in [-0.4, -0.2) is 19.3 Å². The van der Waals surface area contributed by atoms with E-state index in [4.69, 9.17) is 19.6 Å². The molecule has 2 rings (SSSR count). The second-order valence-corrected chi connectivity index (χ2v) is 3.79. The molecule has 2 heterocycles. The first-order valence-corrected chi connectivity index (χ1v) is 5.27. The summed E-state index contributed by atoms with van der Waals surface area (Å²) < 4.78 is 16.4. The van der Waals surface area contributed by atoms with E-state index in [9.17, 15) is 0 Å². The lowest BCUT2D eigenvalue weighted by Gasteiger charge is -2.07. The SMILES string of the molecule is Cc1oc(COC2CCOC2)cc1CN. The van der Waals surface area contributed by atoms with Crippen LogP contribution in [0.4, 0.5) is 0 Å². The average Bonchev–Trinajstić information content (AvgIpc) is 2.83. The van der Waals surface area contributed by atoms with Gasteiger partial charge in [0.1, 0.15) is 18.1 Å². The van der Waals surface area contributed by atoms with Gasteiger partial charge >= 0.3 is 0 Å². The van der Waals surface area contributed by atoms with Crippen molar-refractivity contribution in [3.8, 4) is 0 Å². The lowest BCUT2D eigenvalue weighted by molar-refractivity contribution is 0.0232. The summed E-state index contributed by atoms with van der Waals surface area (Å²) in [5, 5.41) is 0. The molecule has 0 aromatic carbocycles. The zero-order valence-electron chi connectivity index (χ0n) is 8.99. The van der Waals surface area contributed by atoms with Gasteiger partial charge in [-0.2, -0.15) is 0 Å². The van der Waals surface area contributed by atoms with Crippen molar-refractivity contribution in [2.24, 2.45) is 5.73 Å². The number of hydrogen-bond acceptors (Lipinski definition) is 4. The summed E-state index contributed by atoms with van der Waals surface area (Å²) >= 11 is 0. The number of nitrogens with two attached hydrogens (primary N) is 1. The Kier molecular flexibility index (Phi) is 3.41.